The predicted molar refractivity (Wildman–Crippen MR) is 142 cm³/mol. The van der Waals surface area contributed by atoms with Gasteiger partial charge in [0.2, 0.25) is 17.8 Å². The normalized spacial score (nSPS) is 12.8. The second-order valence-electron chi connectivity index (χ2n) is 9.55. The van der Waals surface area contributed by atoms with Gasteiger partial charge < -0.3 is 4.90 Å². The highest BCUT2D eigenvalue weighted by atomic mass is 19.1. The molecular weight excluding hydrogens is 467 g/mol. The molecule has 0 spiro atoms. The summed E-state index contributed by atoms with van der Waals surface area (Å²) in [5.41, 5.74) is 3.51. The zero-order valence-electron chi connectivity index (χ0n) is 20.7. The number of hydrogen-bond donors (Lipinski definition) is 1. The zero-order chi connectivity index (χ0) is 25.8. The van der Waals surface area contributed by atoms with Gasteiger partial charge in [0.1, 0.15) is 5.82 Å². The summed E-state index contributed by atoms with van der Waals surface area (Å²) in [7, 11) is 0. The molecule has 1 fully saturated rings. The first-order valence-corrected chi connectivity index (χ1v) is 12.5. The first-order chi connectivity index (χ1) is 18.0. The molecule has 6 nitrogen and oxygen atoms in total. The minimum Gasteiger partial charge on any atom is -0.333 e. The third-order valence-electron chi connectivity index (χ3n) is 6.52. The molecule has 37 heavy (non-hydrogen) atoms. The van der Waals surface area contributed by atoms with E-state index in [2.05, 4.69) is 10.3 Å². The van der Waals surface area contributed by atoms with Gasteiger partial charge in [-0.15, -0.1) is 0 Å². The molecule has 0 unspecified atom stereocenters. The highest BCUT2D eigenvalue weighted by Gasteiger charge is 2.28. The Balaban J connectivity index is 1.38. The van der Waals surface area contributed by atoms with E-state index in [4.69, 9.17) is 0 Å². The molecule has 5 rings (SSSR count). The number of benzene rings is 3. The van der Waals surface area contributed by atoms with Crippen molar-refractivity contribution in [2.75, 3.05) is 18.4 Å². The second kappa shape index (κ2) is 10.8. The predicted octanol–water partition coefficient (Wildman–Crippen LogP) is 5.41. The van der Waals surface area contributed by atoms with Crippen molar-refractivity contribution in [2.24, 2.45) is 5.92 Å². The number of carbonyl (C=O) groups excluding carboxylic acids is 2. The van der Waals surface area contributed by atoms with Gasteiger partial charge in [-0.05, 0) is 48.9 Å². The lowest BCUT2D eigenvalue weighted by molar-refractivity contribution is -0.134. The monoisotopic (exact) mass is 496 g/mol. The number of aromatic nitrogens is 2. The van der Waals surface area contributed by atoms with Crippen LogP contribution in [0.4, 0.5) is 10.3 Å². The molecule has 1 aromatic heterocycles. The van der Waals surface area contributed by atoms with E-state index in [-0.39, 0.29) is 36.5 Å². The second-order valence-corrected chi connectivity index (χ2v) is 9.55. The van der Waals surface area contributed by atoms with E-state index in [9.17, 15) is 14.0 Å². The molecule has 1 N–H and O–H groups in total. The van der Waals surface area contributed by atoms with Crippen LogP contribution in [0.5, 0.6) is 0 Å². The number of nitrogens with one attached hydrogen (secondary N) is 1. The number of aryl methyl sites for hydroxylation is 1. The van der Waals surface area contributed by atoms with Crippen molar-refractivity contribution in [2.45, 2.75) is 26.2 Å². The number of imidazole rings is 1. The van der Waals surface area contributed by atoms with Crippen molar-refractivity contribution in [1.82, 2.24) is 14.5 Å². The number of nitrogens with zero attached hydrogens (tertiary/aromatic N) is 3. The van der Waals surface area contributed by atoms with Gasteiger partial charge in [0.25, 0.3) is 0 Å². The van der Waals surface area contributed by atoms with E-state index in [1.54, 1.807) is 34.7 Å². The van der Waals surface area contributed by atoms with Crippen LogP contribution in [-0.4, -0.2) is 39.4 Å². The average Bonchev–Trinajstić information content (AvgIpc) is 3.63. The largest absolute Gasteiger partial charge is 0.333 e. The Labute approximate surface area is 215 Å². The Morgan fingerprint density at radius 3 is 2.41 bits per heavy atom. The topological polar surface area (TPSA) is 67.2 Å². The average molecular weight is 497 g/mol. The quantitative estimate of drug-likeness (QED) is 0.337. The maximum Gasteiger partial charge on any atom is 0.246 e. The first kappa shape index (κ1) is 24.4. The lowest BCUT2D eigenvalue weighted by Gasteiger charge is -2.22. The molecule has 3 aromatic carbocycles. The molecule has 0 radical (unpaired) electrons. The van der Waals surface area contributed by atoms with Gasteiger partial charge in [0.05, 0.1) is 24.3 Å². The van der Waals surface area contributed by atoms with Crippen molar-refractivity contribution in [3.05, 3.63) is 102 Å². The van der Waals surface area contributed by atoms with Gasteiger partial charge in [-0.1, -0.05) is 66.7 Å². The van der Waals surface area contributed by atoms with Gasteiger partial charge in [0, 0.05) is 18.3 Å². The van der Waals surface area contributed by atoms with Gasteiger partial charge >= 0.3 is 0 Å². The summed E-state index contributed by atoms with van der Waals surface area (Å²) < 4.78 is 16.1. The smallest absolute Gasteiger partial charge is 0.246 e. The van der Waals surface area contributed by atoms with Crippen LogP contribution in [0.2, 0.25) is 0 Å². The van der Waals surface area contributed by atoms with Crippen molar-refractivity contribution < 1.29 is 14.0 Å². The molecule has 4 aromatic rings. The number of hydrogen-bond acceptors (Lipinski definition) is 3. The van der Waals surface area contributed by atoms with Crippen molar-refractivity contribution >= 4 is 17.8 Å². The fourth-order valence-corrected chi connectivity index (χ4v) is 4.23. The van der Waals surface area contributed by atoms with E-state index >= 15 is 0 Å². The lowest BCUT2D eigenvalue weighted by Crippen LogP contribution is -2.40. The molecule has 1 heterocycles. The number of amides is 2. The molecule has 0 aliphatic heterocycles. The highest BCUT2D eigenvalue weighted by molar-refractivity contribution is 5.94. The summed E-state index contributed by atoms with van der Waals surface area (Å²) in [5, 5.41) is 2.87. The van der Waals surface area contributed by atoms with Crippen LogP contribution in [0.25, 0.3) is 16.9 Å². The number of anilines is 1. The first-order valence-electron chi connectivity index (χ1n) is 12.5. The minimum absolute atomic E-state index is 0.0715. The Morgan fingerprint density at radius 1 is 1.03 bits per heavy atom. The molecular formula is C30H29FN4O2. The standard InChI is InChI=1S/C30H29FN4O2/c1-21-12-15-25(17-26(21)31)35-19-27(24-10-6-3-7-11-24)32-30(35)33-28(36)20-34(18-23-13-14-23)29(37)16-22-8-4-2-5-9-22/h2-12,15,17,19,23H,13-14,16,18,20H2,1H3,(H,32,33,36). The van der Waals surface area contributed by atoms with E-state index in [0.29, 0.717) is 29.4 Å². The summed E-state index contributed by atoms with van der Waals surface area (Å²) in [6, 6.07) is 24.0. The third kappa shape index (κ3) is 6.12. The number of carbonyl (C=O) groups is 2. The highest BCUT2D eigenvalue weighted by Crippen LogP contribution is 2.30. The number of rotatable bonds is 9. The van der Waals surface area contributed by atoms with Gasteiger partial charge in [-0.25, -0.2) is 9.37 Å². The Kier molecular flexibility index (Phi) is 7.12. The van der Waals surface area contributed by atoms with Crippen LogP contribution >= 0.6 is 0 Å². The van der Waals surface area contributed by atoms with Crippen LogP contribution in [0.3, 0.4) is 0 Å². The summed E-state index contributed by atoms with van der Waals surface area (Å²) in [6.07, 6.45) is 4.16. The van der Waals surface area contributed by atoms with Crippen LogP contribution in [0.15, 0.2) is 85.1 Å². The van der Waals surface area contributed by atoms with Crippen LogP contribution in [-0.2, 0) is 16.0 Å². The molecule has 188 valence electrons. The van der Waals surface area contributed by atoms with Crippen LogP contribution < -0.4 is 5.32 Å². The maximum atomic E-state index is 14.4. The SMILES string of the molecule is Cc1ccc(-n2cc(-c3ccccc3)nc2NC(=O)CN(CC2CC2)C(=O)Cc2ccccc2)cc1F. The van der Waals surface area contributed by atoms with Crippen LogP contribution in [0.1, 0.15) is 24.0 Å². The molecule has 1 saturated carbocycles. The Morgan fingerprint density at radius 2 is 1.73 bits per heavy atom. The van der Waals surface area contributed by atoms with E-state index < -0.39 is 0 Å². The van der Waals surface area contributed by atoms with E-state index in [0.717, 1.165) is 24.0 Å². The zero-order valence-corrected chi connectivity index (χ0v) is 20.7. The summed E-state index contributed by atoms with van der Waals surface area (Å²) in [5.74, 6) is -0.0566. The van der Waals surface area contributed by atoms with Crippen molar-refractivity contribution in [3.63, 3.8) is 0 Å². The fraction of sp³-hybridized carbons (Fsp3) is 0.233. The summed E-state index contributed by atoms with van der Waals surface area (Å²) in [4.78, 5) is 32.6. The van der Waals surface area contributed by atoms with Crippen molar-refractivity contribution in [3.8, 4) is 16.9 Å². The fourth-order valence-electron chi connectivity index (χ4n) is 4.23. The number of halogens is 1. The van der Waals surface area contributed by atoms with Crippen LogP contribution in [0, 0.1) is 18.7 Å². The molecule has 2 amide bonds. The molecule has 0 bridgehead atoms. The Bertz CT molecular complexity index is 1400. The molecule has 1 aliphatic rings. The minimum atomic E-state index is -0.346. The van der Waals surface area contributed by atoms with Gasteiger partial charge in [0.15, 0.2) is 0 Å². The van der Waals surface area contributed by atoms with Crippen molar-refractivity contribution in [1.29, 1.82) is 0 Å². The maximum absolute atomic E-state index is 14.4. The molecule has 7 heteroatoms. The third-order valence-corrected chi connectivity index (χ3v) is 6.52. The summed E-state index contributed by atoms with van der Waals surface area (Å²) in [6.45, 7) is 2.19. The van der Waals surface area contributed by atoms with E-state index in [1.165, 1.54) is 6.07 Å². The van der Waals surface area contributed by atoms with Gasteiger partial charge in [-0.3, -0.25) is 19.5 Å². The molecule has 1 aliphatic carbocycles. The lowest BCUT2D eigenvalue weighted by atomic mass is 10.1. The van der Waals surface area contributed by atoms with E-state index in [1.807, 2.05) is 60.7 Å². The summed E-state index contributed by atoms with van der Waals surface area (Å²) >= 11 is 0. The van der Waals surface area contributed by atoms with Gasteiger partial charge in [-0.2, -0.15) is 0 Å². The molecule has 0 saturated heterocycles. The Hall–Kier alpha value is -4.26. The molecule has 0 atom stereocenters.